The molecule has 4 aliphatic heterocycles. The number of halogens is 2. The molecule has 0 radical (unpaired) electrons. The van der Waals surface area contributed by atoms with E-state index in [9.17, 15) is 13.6 Å². The summed E-state index contributed by atoms with van der Waals surface area (Å²) in [6.45, 7) is 7.37. The van der Waals surface area contributed by atoms with Gasteiger partial charge >= 0.3 is 12.4 Å². The molecule has 0 saturated carbocycles. The molecule has 8 heteroatoms. The van der Waals surface area contributed by atoms with Crippen LogP contribution in [0.5, 0.6) is 11.5 Å². The number of hydrogen-bond donors (Lipinski definition) is 1. The first-order valence-corrected chi connectivity index (χ1v) is 13.0. The van der Waals surface area contributed by atoms with Crippen molar-refractivity contribution in [3.8, 4) is 22.6 Å². The van der Waals surface area contributed by atoms with Gasteiger partial charge in [0.2, 0.25) is 0 Å². The van der Waals surface area contributed by atoms with E-state index in [1.165, 1.54) is 6.07 Å². The van der Waals surface area contributed by atoms with Crippen LogP contribution in [0.2, 0.25) is 0 Å². The van der Waals surface area contributed by atoms with Gasteiger partial charge in [-0.3, -0.25) is 4.90 Å². The van der Waals surface area contributed by atoms with Crippen LogP contribution in [0.15, 0.2) is 36.4 Å². The molecular weight excluding hydrogens is 466 g/mol. The molecule has 1 amide bonds. The third-order valence-corrected chi connectivity index (χ3v) is 8.87. The summed E-state index contributed by atoms with van der Waals surface area (Å²) >= 11 is 0. The van der Waals surface area contributed by atoms with E-state index in [1.807, 2.05) is 6.07 Å². The van der Waals surface area contributed by atoms with Crippen LogP contribution in [0.1, 0.15) is 56.7 Å². The molecule has 2 atom stereocenters. The highest BCUT2D eigenvalue weighted by Gasteiger charge is 2.46. The molecule has 1 aliphatic carbocycles. The van der Waals surface area contributed by atoms with Gasteiger partial charge in [0.05, 0.1) is 6.04 Å². The van der Waals surface area contributed by atoms with Crippen LogP contribution in [0.3, 0.4) is 0 Å². The highest BCUT2D eigenvalue weighted by molar-refractivity contribution is 5.71. The summed E-state index contributed by atoms with van der Waals surface area (Å²) in [6.07, 6.45) is 0.843. The summed E-state index contributed by atoms with van der Waals surface area (Å²) in [4.78, 5) is 15.5. The average Bonchev–Trinajstić information content (AvgIpc) is 3.36. The van der Waals surface area contributed by atoms with Crippen molar-refractivity contribution in [2.45, 2.75) is 64.4 Å². The number of amides is 1. The van der Waals surface area contributed by atoms with Gasteiger partial charge in [0, 0.05) is 6.54 Å². The minimum atomic E-state index is -3.64. The van der Waals surface area contributed by atoms with Crippen LogP contribution in [-0.4, -0.2) is 43.0 Å². The molecule has 4 heterocycles. The number of alkyl carbamates (subject to hydrolysis) is 1. The fourth-order valence-corrected chi connectivity index (χ4v) is 6.63. The van der Waals surface area contributed by atoms with E-state index in [2.05, 4.69) is 45.7 Å². The van der Waals surface area contributed by atoms with Crippen LogP contribution in [0, 0.1) is 11.3 Å². The number of carbonyl (C=O) groups excluding carboxylic acids is 1. The molecule has 7 rings (SSSR count). The maximum atomic E-state index is 13.5. The van der Waals surface area contributed by atoms with E-state index in [1.54, 1.807) is 12.1 Å². The fraction of sp³-hybridized carbons (Fsp3) is 0.536. The first-order valence-electron chi connectivity index (χ1n) is 13.0. The van der Waals surface area contributed by atoms with Gasteiger partial charge in [-0.05, 0) is 90.9 Å². The molecule has 1 N–H and O–H groups in total. The predicted octanol–water partition coefficient (Wildman–Crippen LogP) is 5.90. The summed E-state index contributed by atoms with van der Waals surface area (Å²) in [7, 11) is 0. The number of alkyl halides is 2. The van der Waals surface area contributed by atoms with E-state index in [0.717, 1.165) is 74.0 Å². The van der Waals surface area contributed by atoms with Crippen LogP contribution >= 0.6 is 0 Å². The van der Waals surface area contributed by atoms with Crippen molar-refractivity contribution in [1.29, 1.82) is 0 Å². The maximum absolute atomic E-state index is 13.5. The third kappa shape index (κ3) is 3.99. The van der Waals surface area contributed by atoms with Gasteiger partial charge in [0.15, 0.2) is 11.5 Å². The Morgan fingerprint density at radius 2 is 1.75 bits per heavy atom. The third-order valence-electron chi connectivity index (χ3n) is 8.87. The highest BCUT2D eigenvalue weighted by atomic mass is 19.3. The number of benzene rings is 2. The Bertz CT molecular complexity index is 1170. The largest absolute Gasteiger partial charge is 0.586 e. The zero-order valence-corrected chi connectivity index (χ0v) is 20.7. The SMILES string of the molecule is CCC1(CC)Cc2cc(-c3ccc4c(c3)OC(F)(F)O4)ccc2C1NC(=O)O[C@H]1CN2CCC1CC2. The van der Waals surface area contributed by atoms with Crippen molar-refractivity contribution in [3.63, 3.8) is 0 Å². The van der Waals surface area contributed by atoms with Gasteiger partial charge in [0.1, 0.15) is 6.10 Å². The summed E-state index contributed by atoms with van der Waals surface area (Å²) in [5.74, 6) is 0.527. The minimum absolute atomic E-state index is 0.0319. The zero-order chi connectivity index (χ0) is 25.1. The van der Waals surface area contributed by atoms with Gasteiger partial charge in [-0.15, -0.1) is 8.78 Å². The van der Waals surface area contributed by atoms with Crippen LogP contribution in [0.25, 0.3) is 11.1 Å². The van der Waals surface area contributed by atoms with Crippen LogP contribution in [-0.2, 0) is 11.2 Å². The number of rotatable bonds is 5. The average molecular weight is 499 g/mol. The van der Waals surface area contributed by atoms with Gasteiger partial charge in [-0.2, -0.15) is 0 Å². The second-order valence-corrected chi connectivity index (χ2v) is 10.6. The molecule has 36 heavy (non-hydrogen) atoms. The molecule has 3 saturated heterocycles. The second-order valence-electron chi connectivity index (χ2n) is 10.6. The van der Waals surface area contributed by atoms with E-state index >= 15 is 0 Å². The fourth-order valence-electron chi connectivity index (χ4n) is 6.63. The van der Waals surface area contributed by atoms with Crippen molar-refractivity contribution in [2.24, 2.45) is 11.3 Å². The topological polar surface area (TPSA) is 60.0 Å². The van der Waals surface area contributed by atoms with Crippen molar-refractivity contribution in [3.05, 3.63) is 47.5 Å². The first kappa shape index (κ1) is 23.5. The number of piperidine rings is 3. The number of fused-ring (bicyclic) bond motifs is 5. The van der Waals surface area contributed by atoms with E-state index in [0.29, 0.717) is 5.92 Å². The molecule has 2 aromatic carbocycles. The predicted molar refractivity (Wildman–Crippen MR) is 130 cm³/mol. The standard InChI is InChI=1S/C28H32F2N2O4/c1-3-27(4-2)15-20-13-18(19-6-8-22-23(14-19)36-28(29,30)35-22)5-7-21(20)25(27)31-26(33)34-24-16-32-11-9-17(24)10-12-32/h5-8,13-14,17,24-25H,3-4,9-12,15-16H2,1-2H3,(H,31,33)/t24-,25?/m0/s1. The quantitative estimate of drug-likeness (QED) is 0.556. The number of nitrogens with zero attached hydrogens (tertiary/aromatic N) is 1. The van der Waals surface area contributed by atoms with Crippen LogP contribution < -0.4 is 14.8 Å². The second kappa shape index (κ2) is 8.61. The zero-order valence-electron chi connectivity index (χ0n) is 20.7. The monoisotopic (exact) mass is 498 g/mol. The van der Waals surface area contributed by atoms with E-state index in [4.69, 9.17) is 4.74 Å². The van der Waals surface area contributed by atoms with Crippen molar-refractivity contribution < 1.29 is 27.8 Å². The molecule has 2 bridgehead atoms. The van der Waals surface area contributed by atoms with E-state index in [-0.39, 0.29) is 35.2 Å². The van der Waals surface area contributed by atoms with Crippen LogP contribution in [0.4, 0.5) is 13.6 Å². The lowest BCUT2D eigenvalue weighted by molar-refractivity contribution is -0.286. The van der Waals surface area contributed by atoms with Gasteiger partial charge < -0.3 is 19.5 Å². The molecule has 6 nitrogen and oxygen atoms in total. The lowest BCUT2D eigenvalue weighted by Crippen LogP contribution is -2.53. The smallest absolute Gasteiger partial charge is 0.445 e. The number of ether oxygens (including phenoxy) is 3. The Morgan fingerprint density at radius 3 is 2.44 bits per heavy atom. The highest BCUT2D eigenvalue weighted by Crippen LogP contribution is 2.51. The number of carbonyl (C=O) groups is 1. The number of hydrogen-bond acceptors (Lipinski definition) is 5. The van der Waals surface area contributed by atoms with E-state index < -0.39 is 6.29 Å². The molecule has 0 spiro atoms. The molecule has 3 fully saturated rings. The summed E-state index contributed by atoms with van der Waals surface area (Å²) in [5.41, 5.74) is 3.83. The minimum Gasteiger partial charge on any atom is -0.445 e. The Labute approximate surface area is 209 Å². The van der Waals surface area contributed by atoms with Crippen molar-refractivity contribution in [2.75, 3.05) is 19.6 Å². The van der Waals surface area contributed by atoms with Crippen molar-refractivity contribution >= 4 is 6.09 Å². The van der Waals surface area contributed by atoms with Gasteiger partial charge in [-0.1, -0.05) is 38.1 Å². The first-order chi connectivity index (χ1) is 17.3. The van der Waals surface area contributed by atoms with Crippen molar-refractivity contribution in [1.82, 2.24) is 10.2 Å². The Hall–Kier alpha value is -2.87. The lowest BCUT2D eigenvalue weighted by Gasteiger charge is -2.44. The molecule has 5 aliphatic rings. The Kier molecular flexibility index (Phi) is 5.63. The molecule has 2 aromatic rings. The van der Waals surface area contributed by atoms with Gasteiger partial charge in [-0.25, -0.2) is 4.79 Å². The van der Waals surface area contributed by atoms with Gasteiger partial charge in [0.25, 0.3) is 0 Å². The molecular formula is C28H32F2N2O4. The Morgan fingerprint density at radius 1 is 1.06 bits per heavy atom. The summed E-state index contributed by atoms with van der Waals surface area (Å²) in [6, 6.07) is 10.8. The Balaban J connectivity index is 1.24. The number of nitrogens with one attached hydrogen (secondary N) is 1. The maximum Gasteiger partial charge on any atom is 0.586 e. The summed E-state index contributed by atoms with van der Waals surface area (Å²) < 4.78 is 42.0. The molecule has 1 unspecified atom stereocenters. The molecule has 192 valence electrons. The lowest BCUT2D eigenvalue weighted by atomic mass is 9.76. The summed E-state index contributed by atoms with van der Waals surface area (Å²) in [5, 5.41) is 3.24. The normalized spacial score (nSPS) is 28.6. The molecule has 0 aromatic heterocycles.